The zero-order valence-corrected chi connectivity index (χ0v) is 11.6. The summed E-state index contributed by atoms with van der Waals surface area (Å²) in [7, 11) is 0. The van der Waals surface area contributed by atoms with Crippen molar-refractivity contribution in [3.05, 3.63) is 29.3 Å². The largest absolute Gasteiger partial charge is 0.479 e. The van der Waals surface area contributed by atoms with E-state index in [1.807, 2.05) is 0 Å². The van der Waals surface area contributed by atoms with E-state index < -0.39 is 17.5 Å². The van der Waals surface area contributed by atoms with Gasteiger partial charge in [0.05, 0.1) is 0 Å². The molecule has 1 aromatic rings. The van der Waals surface area contributed by atoms with Crippen molar-refractivity contribution >= 4 is 41.1 Å². The van der Waals surface area contributed by atoms with Gasteiger partial charge in [-0.25, -0.2) is 9.59 Å². The van der Waals surface area contributed by atoms with Gasteiger partial charge in [0.15, 0.2) is 0 Å². The number of hydrogen-bond donors (Lipinski definition) is 3. The Hall–Kier alpha value is -1.40. The summed E-state index contributed by atoms with van der Waals surface area (Å²) < 4.78 is 0. The highest BCUT2D eigenvalue weighted by Gasteiger charge is 2.43. The number of carboxylic acid groups (broad SMARTS) is 1. The number of anilines is 1. The topological polar surface area (TPSA) is 78.4 Å². The van der Waals surface area contributed by atoms with Crippen molar-refractivity contribution in [1.82, 2.24) is 5.32 Å². The van der Waals surface area contributed by atoms with E-state index in [1.165, 1.54) is 11.8 Å². The minimum Gasteiger partial charge on any atom is -0.479 e. The molecule has 0 aliphatic carbocycles. The van der Waals surface area contributed by atoms with E-state index in [0.29, 0.717) is 22.9 Å². The van der Waals surface area contributed by atoms with Gasteiger partial charge in [-0.15, -0.1) is 0 Å². The number of amides is 2. The number of carbonyl (C=O) groups excluding carboxylic acids is 1. The fourth-order valence-electron chi connectivity index (χ4n) is 1.83. The standard InChI is InChI=1S/C12H13ClN2O3S/c13-8-2-1-3-9(6-8)14-11(18)15-12(10(16)17)4-5-19-7-12/h1-3,6H,4-5,7H2,(H,16,17)(H2,14,15,18). The summed E-state index contributed by atoms with van der Waals surface area (Å²) in [6, 6.07) is 6.14. The molecule has 0 aromatic heterocycles. The van der Waals surface area contributed by atoms with Crippen molar-refractivity contribution < 1.29 is 14.7 Å². The smallest absolute Gasteiger partial charge is 0.330 e. The molecule has 1 unspecified atom stereocenters. The van der Waals surface area contributed by atoms with Crippen molar-refractivity contribution in [2.24, 2.45) is 0 Å². The van der Waals surface area contributed by atoms with Crippen molar-refractivity contribution in [1.29, 1.82) is 0 Å². The molecule has 19 heavy (non-hydrogen) atoms. The zero-order chi connectivity index (χ0) is 13.9. The van der Waals surface area contributed by atoms with Crippen LogP contribution in [0.15, 0.2) is 24.3 Å². The molecule has 2 amide bonds. The summed E-state index contributed by atoms with van der Waals surface area (Å²) in [6.45, 7) is 0. The van der Waals surface area contributed by atoms with Crippen LogP contribution in [0.1, 0.15) is 6.42 Å². The third-order valence-electron chi connectivity index (χ3n) is 2.87. The number of hydrogen-bond acceptors (Lipinski definition) is 3. The first-order chi connectivity index (χ1) is 9.02. The lowest BCUT2D eigenvalue weighted by Gasteiger charge is -2.24. The normalized spacial score (nSPS) is 21.9. The van der Waals surface area contributed by atoms with E-state index in [1.54, 1.807) is 24.3 Å². The van der Waals surface area contributed by atoms with Crippen molar-refractivity contribution in [2.75, 3.05) is 16.8 Å². The van der Waals surface area contributed by atoms with Gasteiger partial charge in [0.25, 0.3) is 0 Å². The number of benzene rings is 1. The van der Waals surface area contributed by atoms with Gasteiger partial charge < -0.3 is 15.7 Å². The zero-order valence-electron chi connectivity index (χ0n) is 9.98. The number of nitrogens with one attached hydrogen (secondary N) is 2. The van der Waals surface area contributed by atoms with E-state index in [2.05, 4.69) is 10.6 Å². The van der Waals surface area contributed by atoms with Gasteiger partial charge in [-0.1, -0.05) is 17.7 Å². The van der Waals surface area contributed by atoms with Crippen LogP contribution < -0.4 is 10.6 Å². The second kappa shape index (κ2) is 5.71. The van der Waals surface area contributed by atoms with Crippen LogP contribution >= 0.6 is 23.4 Å². The monoisotopic (exact) mass is 300 g/mol. The SMILES string of the molecule is O=C(Nc1cccc(Cl)c1)NC1(C(=O)O)CCSC1. The number of halogens is 1. The first kappa shape index (κ1) is 14.0. The van der Waals surface area contributed by atoms with Crippen LogP contribution in [0.5, 0.6) is 0 Å². The second-order valence-corrected chi connectivity index (χ2v) is 5.82. The maximum absolute atomic E-state index is 11.9. The molecule has 1 heterocycles. The van der Waals surface area contributed by atoms with Crippen LogP contribution in [0.25, 0.3) is 0 Å². The summed E-state index contributed by atoms with van der Waals surface area (Å²) in [5.74, 6) is 0.105. The summed E-state index contributed by atoms with van der Waals surface area (Å²) >= 11 is 7.32. The van der Waals surface area contributed by atoms with Crippen molar-refractivity contribution in [2.45, 2.75) is 12.0 Å². The van der Waals surface area contributed by atoms with Crippen LogP contribution in [0.3, 0.4) is 0 Å². The maximum atomic E-state index is 11.9. The van der Waals surface area contributed by atoms with Gasteiger partial charge >= 0.3 is 12.0 Å². The quantitative estimate of drug-likeness (QED) is 0.801. The summed E-state index contributed by atoms with van der Waals surface area (Å²) in [5, 5.41) is 14.9. The Morgan fingerprint density at radius 2 is 2.21 bits per heavy atom. The Bertz CT molecular complexity index is 504. The van der Waals surface area contributed by atoms with E-state index in [4.69, 9.17) is 11.6 Å². The Morgan fingerprint density at radius 1 is 1.42 bits per heavy atom. The molecule has 1 saturated heterocycles. The predicted octanol–water partition coefficient (Wildman–Crippen LogP) is 2.42. The third-order valence-corrected chi connectivity index (χ3v) is 4.29. The van der Waals surface area contributed by atoms with E-state index in [9.17, 15) is 14.7 Å². The number of urea groups is 1. The minimum atomic E-state index is -1.17. The molecular weight excluding hydrogens is 288 g/mol. The van der Waals surface area contributed by atoms with Crippen LogP contribution in [0.2, 0.25) is 5.02 Å². The highest BCUT2D eigenvalue weighted by molar-refractivity contribution is 7.99. The van der Waals surface area contributed by atoms with Gasteiger partial charge in [0, 0.05) is 16.5 Å². The maximum Gasteiger partial charge on any atom is 0.330 e. The minimum absolute atomic E-state index is 0.380. The predicted molar refractivity (Wildman–Crippen MR) is 75.9 cm³/mol. The molecule has 0 spiro atoms. The van der Waals surface area contributed by atoms with Crippen molar-refractivity contribution in [3.63, 3.8) is 0 Å². The molecule has 1 fully saturated rings. The van der Waals surface area contributed by atoms with E-state index in [0.717, 1.165) is 5.75 Å². The number of aliphatic carboxylic acids is 1. The number of rotatable bonds is 3. The van der Waals surface area contributed by atoms with Gasteiger partial charge in [-0.05, 0) is 30.4 Å². The average Bonchev–Trinajstić information content (AvgIpc) is 2.78. The average molecular weight is 301 g/mol. The van der Waals surface area contributed by atoms with Crippen LogP contribution in [-0.2, 0) is 4.79 Å². The fraction of sp³-hybridized carbons (Fsp3) is 0.333. The van der Waals surface area contributed by atoms with E-state index in [-0.39, 0.29) is 0 Å². The Kier molecular flexibility index (Phi) is 4.21. The molecule has 1 aliphatic rings. The fourth-order valence-corrected chi connectivity index (χ4v) is 3.35. The molecule has 1 aromatic carbocycles. The second-order valence-electron chi connectivity index (χ2n) is 4.28. The number of carboxylic acids is 1. The lowest BCUT2D eigenvalue weighted by molar-refractivity contribution is -0.143. The molecule has 3 N–H and O–H groups in total. The van der Waals surface area contributed by atoms with Gasteiger partial charge in [-0.2, -0.15) is 11.8 Å². The van der Waals surface area contributed by atoms with Crippen LogP contribution in [0, 0.1) is 0 Å². The molecule has 0 bridgehead atoms. The van der Waals surface area contributed by atoms with Crippen molar-refractivity contribution in [3.8, 4) is 0 Å². The first-order valence-electron chi connectivity index (χ1n) is 5.68. The molecular formula is C12H13ClN2O3S. The molecule has 1 aliphatic heterocycles. The van der Waals surface area contributed by atoms with Gasteiger partial charge in [-0.3, -0.25) is 0 Å². The molecule has 0 radical (unpaired) electrons. The summed E-state index contributed by atoms with van der Waals surface area (Å²) in [6.07, 6.45) is 0.427. The summed E-state index contributed by atoms with van der Waals surface area (Å²) in [4.78, 5) is 23.1. The molecule has 102 valence electrons. The Labute approximate surface area is 119 Å². The number of thioether (sulfide) groups is 1. The Balaban J connectivity index is 2.02. The summed E-state index contributed by atoms with van der Waals surface area (Å²) in [5.41, 5.74) is -0.649. The van der Waals surface area contributed by atoms with Crippen LogP contribution in [-0.4, -0.2) is 34.2 Å². The molecule has 7 heteroatoms. The number of carbonyl (C=O) groups is 2. The Morgan fingerprint density at radius 3 is 2.79 bits per heavy atom. The molecule has 2 rings (SSSR count). The van der Waals surface area contributed by atoms with E-state index >= 15 is 0 Å². The van der Waals surface area contributed by atoms with Gasteiger partial charge in [0.1, 0.15) is 5.54 Å². The highest BCUT2D eigenvalue weighted by Crippen LogP contribution is 2.28. The van der Waals surface area contributed by atoms with Crippen LogP contribution in [0.4, 0.5) is 10.5 Å². The molecule has 0 saturated carbocycles. The lowest BCUT2D eigenvalue weighted by atomic mass is 10.00. The molecule has 5 nitrogen and oxygen atoms in total. The third kappa shape index (κ3) is 3.33. The van der Waals surface area contributed by atoms with Gasteiger partial charge in [0.2, 0.25) is 0 Å². The lowest BCUT2D eigenvalue weighted by Crippen LogP contribution is -2.55. The molecule has 1 atom stereocenters. The first-order valence-corrected chi connectivity index (χ1v) is 7.21. The highest BCUT2D eigenvalue weighted by atomic mass is 35.5.